The van der Waals surface area contributed by atoms with Crippen molar-refractivity contribution in [3.63, 3.8) is 0 Å². The van der Waals surface area contributed by atoms with Crippen LogP contribution in [0.5, 0.6) is 0 Å². The van der Waals surface area contributed by atoms with Gasteiger partial charge in [-0.15, -0.1) is 0 Å². The predicted octanol–water partition coefficient (Wildman–Crippen LogP) is 7.89. The molecular formula is C25H50O3. The molecule has 0 bridgehead atoms. The first kappa shape index (κ1) is 27.4. The minimum absolute atomic E-state index is 0.335. The molecule has 0 heterocycles. The Hall–Kier alpha value is -0.570. The Kier molecular flexibility index (Phi) is 22.3. The Morgan fingerprint density at radius 2 is 1.00 bits per heavy atom. The number of aliphatic carboxylic acids is 1. The fourth-order valence-electron chi connectivity index (χ4n) is 4.14. The van der Waals surface area contributed by atoms with E-state index < -0.39 is 5.97 Å². The van der Waals surface area contributed by atoms with Gasteiger partial charge >= 0.3 is 5.97 Å². The van der Waals surface area contributed by atoms with Gasteiger partial charge in [-0.3, -0.25) is 4.79 Å². The number of rotatable bonds is 23. The molecule has 0 aliphatic heterocycles. The van der Waals surface area contributed by atoms with Crippen LogP contribution in [0.25, 0.3) is 0 Å². The first-order valence-corrected chi connectivity index (χ1v) is 12.5. The average Bonchev–Trinajstić information content (AvgIpc) is 2.68. The first-order chi connectivity index (χ1) is 13.7. The van der Waals surface area contributed by atoms with E-state index in [1.165, 1.54) is 109 Å². The summed E-state index contributed by atoms with van der Waals surface area (Å²) in [6, 6.07) is 0. The van der Waals surface area contributed by atoms with E-state index in [0.29, 0.717) is 13.0 Å². The number of carboxylic acids is 1. The van der Waals surface area contributed by atoms with Crippen molar-refractivity contribution in [2.45, 2.75) is 142 Å². The lowest BCUT2D eigenvalue weighted by atomic mass is 9.89. The second kappa shape index (κ2) is 22.7. The third-order valence-corrected chi connectivity index (χ3v) is 5.99. The summed E-state index contributed by atoms with van der Waals surface area (Å²) in [5, 5.41) is 17.5. The number of hydrogen-bond donors (Lipinski definition) is 2. The van der Waals surface area contributed by atoms with Crippen LogP contribution < -0.4 is 0 Å². The second-order valence-electron chi connectivity index (χ2n) is 8.76. The lowest BCUT2D eigenvalue weighted by molar-refractivity contribution is -0.137. The molecule has 0 aliphatic rings. The van der Waals surface area contributed by atoms with Gasteiger partial charge in [0.2, 0.25) is 0 Å². The molecule has 0 radical (unpaired) electrons. The van der Waals surface area contributed by atoms with Crippen molar-refractivity contribution < 1.29 is 15.0 Å². The Bertz CT molecular complexity index is 317. The molecule has 1 atom stereocenters. The Balaban J connectivity index is 3.73. The number of aliphatic hydroxyl groups excluding tert-OH is 1. The van der Waals surface area contributed by atoms with Crippen molar-refractivity contribution in [2.24, 2.45) is 5.92 Å². The molecule has 0 saturated carbocycles. The van der Waals surface area contributed by atoms with E-state index >= 15 is 0 Å². The van der Waals surface area contributed by atoms with Gasteiger partial charge in [0, 0.05) is 13.0 Å². The van der Waals surface area contributed by atoms with Crippen LogP contribution in [0.4, 0.5) is 0 Å². The van der Waals surface area contributed by atoms with Gasteiger partial charge in [-0.2, -0.15) is 0 Å². The molecular weight excluding hydrogens is 348 g/mol. The Morgan fingerprint density at radius 1 is 0.607 bits per heavy atom. The van der Waals surface area contributed by atoms with Crippen LogP contribution in [0, 0.1) is 5.92 Å². The third-order valence-electron chi connectivity index (χ3n) is 5.99. The maximum absolute atomic E-state index is 10.5. The van der Waals surface area contributed by atoms with Gasteiger partial charge in [-0.25, -0.2) is 0 Å². The average molecular weight is 399 g/mol. The van der Waals surface area contributed by atoms with Gasteiger partial charge in [0.15, 0.2) is 0 Å². The molecule has 28 heavy (non-hydrogen) atoms. The summed E-state index contributed by atoms with van der Waals surface area (Å²) < 4.78 is 0. The summed E-state index contributed by atoms with van der Waals surface area (Å²) in [4.78, 5) is 10.5. The zero-order valence-electron chi connectivity index (χ0n) is 18.9. The SMILES string of the molecule is CCCCCCC(CCCCCCCCCO)CCCCCCCCC(=O)O. The van der Waals surface area contributed by atoms with Crippen molar-refractivity contribution in [1.29, 1.82) is 0 Å². The van der Waals surface area contributed by atoms with E-state index in [1.54, 1.807) is 0 Å². The number of carbonyl (C=O) groups is 1. The Morgan fingerprint density at radius 3 is 1.43 bits per heavy atom. The molecule has 0 rings (SSSR count). The fourth-order valence-corrected chi connectivity index (χ4v) is 4.14. The summed E-state index contributed by atoms with van der Waals surface area (Å²) in [6.45, 7) is 2.64. The van der Waals surface area contributed by atoms with Crippen LogP contribution >= 0.6 is 0 Å². The standard InChI is InChI=1S/C25H50O3/c1-2-3-4-14-19-24(20-15-10-6-5-9-13-18-23-26)21-16-11-7-8-12-17-22-25(27)28/h24,26H,2-23H2,1H3,(H,27,28). The summed E-state index contributed by atoms with van der Waals surface area (Å²) in [5.74, 6) is 0.273. The molecule has 0 amide bonds. The third kappa shape index (κ3) is 21.7. The van der Waals surface area contributed by atoms with Crippen LogP contribution in [0.15, 0.2) is 0 Å². The monoisotopic (exact) mass is 398 g/mol. The van der Waals surface area contributed by atoms with Gasteiger partial charge in [0.1, 0.15) is 0 Å². The topological polar surface area (TPSA) is 57.5 Å². The van der Waals surface area contributed by atoms with Crippen molar-refractivity contribution in [3.05, 3.63) is 0 Å². The highest BCUT2D eigenvalue weighted by Crippen LogP contribution is 2.24. The fraction of sp³-hybridized carbons (Fsp3) is 0.960. The van der Waals surface area contributed by atoms with Crippen LogP contribution in [0.1, 0.15) is 142 Å². The molecule has 0 spiro atoms. The lowest BCUT2D eigenvalue weighted by Crippen LogP contribution is -2.01. The van der Waals surface area contributed by atoms with Gasteiger partial charge < -0.3 is 10.2 Å². The lowest BCUT2D eigenvalue weighted by Gasteiger charge is -2.17. The molecule has 1 unspecified atom stereocenters. The zero-order chi connectivity index (χ0) is 20.7. The smallest absolute Gasteiger partial charge is 0.303 e. The van der Waals surface area contributed by atoms with Crippen molar-refractivity contribution >= 4 is 5.97 Å². The number of unbranched alkanes of at least 4 members (excludes halogenated alkanes) is 14. The number of aliphatic hydroxyl groups is 1. The molecule has 0 aromatic rings. The molecule has 0 saturated heterocycles. The summed E-state index contributed by atoms with van der Waals surface area (Å²) >= 11 is 0. The van der Waals surface area contributed by atoms with E-state index in [2.05, 4.69) is 6.92 Å². The minimum atomic E-state index is -0.656. The molecule has 3 heteroatoms. The van der Waals surface area contributed by atoms with Crippen LogP contribution in [-0.4, -0.2) is 22.8 Å². The van der Waals surface area contributed by atoms with Gasteiger partial charge in [0.25, 0.3) is 0 Å². The predicted molar refractivity (Wildman–Crippen MR) is 121 cm³/mol. The van der Waals surface area contributed by atoms with Crippen LogP contribution in [0.2, 0.25) is 0 Å². The minimum Gasteiger partial charge on any atom is -0.481 e. The van der Waals surface area contributed by atoms with E-state index in [-0.39, 0.29) is 0 Å². The zero-order valence-corrected chi connectivity index (χ0v) is 18.9. The van der Waals surface area contributed by atoms with Gasteiger partial charge in [0.05, 0.1) is 0 Å². The largest absolute Gasteiger partial charge is 0.481 e. The number of carboxylic acid groups (broad SMARTS) is 1. The van der Waals surface area contributed by atoms with E-state index in [9.17, 15) is 4.79 Å². The normalized spacial score (nSPS) is 12.4. The summed E-state index contributed by atoms with van der Waals surface area (Å²) in [7, 11) is 0. The molecule has 0 fully saturated rings. The highest BCUT2D eigenvalue weighted by Gasteiger charge is 2.08. The molecule has 168 valence electrons. The van der Waals surface area contributed by atoms with Crippen LogP contribution in [-0.2, 0) is 4.79 Å². The molecule has 0 aliphatic carbocycles. The highest BCUT2D eigenvalue weighted by molar-refractivity contribution is 5.66. The molecule has 0 aromatic heterocycles. The van der Waals surface area contributed by atoms with Crippen molar-refractivity contribution in [3.8, 4) is 0 Å². The van der Waals surface area contributed by atoms with E-state index in [0.717, 1.165) is 25.2 Å². The van der Waals surface area contributed by atoms with Crippen LogP contribution in [0.3, 0.4) is 0 Å². The second-order valence-corrected chi connectivity index (χ2v) is 8.76. The van der Waals surface area contributed by atoms with Gasteiger partial charge in [-0.1, -0.05) is 122 Å². The molecule has 2 N–H and O–H groups in total. The Labute approximate surface area is 175 Å². The van der Waals surface area contributed by atoms with Crippen molar-refractivity contribution in [1.82, 2.24) is 0 Å². The van der Waals surface area contributed by atoms with E-state index in [4.69, 9.17) is 10.2 Å². The molecule has 3 nitrogen and oxygen atoms in total. The first-order valence-electron chi connectivity index (χ1n) is 12.5. The summed E-state index contributed by atoms with van der Waals surface area (Å²) in [6.07, 6.45) is 26.1. The maximum atomic E-state index is 10.5. The van der Waals surface area contributed by atoms with Crippen molar-refractivity contribution in [2.75, 3.05) is 6.61 Å². The summed E-state index contributed by atoms with van der Waals surface area (Å²) in [5.41, 5.74) is 0. The highest BCUT2D eigenvalue weighted by atomic mass is 16.4. The quantitative estimate of drug-likeness (QED) is 0.172. The molecule has 0 aromatic carbocycles. The maximum Gasteiger partial charge on any atom is 0.303 e. The van der Waals surface area contributed by atoms with E-state index in [1.807, 2.05) is 0 Å². The van der Waals surface area contributed by atoms with Gasteiger partial charge in [-0.05, 0) is 18.8 Å². The number of hydrogen-bond acceptors (Lipinski definition) is 2.